The van der Waals surface area contributed by atoms with Gasteiger partial charge in [0.05, 0.1) is 31.1 Å². The standard InChI is InChI=1S/C28H30N2O5/c1-2-33-28(32)25-19-29-23-12-8-13-24(26(23)35-25)30-27(31)21-14-16-22(17-15-21)34-18-7-6-11-20-9-4-3-5-10-20/h3-5,8-10,12-17,25,29H,2,6-7,11,18-19H2,1H3,(H,30,31). The lowest BCUT2D eigenvalue weighted by Crippen LogP contribution is -2.39. The van der Waals surface area contributed by atoms with Crippen LogP contribution in [0, 0.1) is 0 Å². The molecule has 3 aromatic rings. The third kappa shape index (κ3) is 6.53. The van der Waals surface area contributed by atoms with Crippen LogP contribution in [0.2, 0.25) is 0 Å². The van der Waals surface area contributed by atoms with Crippen molar-refractivity contribution in [3.05, 3.63) is 83.9 Å². The zero-order chi connectivity index (χ0) is 24.5. The molecule has 4 rings (SSSR count). The van der Waals surface area contributed by atoms with Gasteiger partial charge in [0.15, 0.2) is 5.75 Å². The molecule has 0 fully saturated rings. The molecule has 35 heavy (non-hydrogen) atoms. The molecule has 0 spiro atoms. The predicted octanol–water partition coefficient (Wildman–Crippen LogP) is 5.08. The molecule has 1 heterocycles. The highest BCUT2D eigenvalue weighted by Gasteiger charge is 2.29. The molecule has 0 radical (unpaired) electrons. The van der Waals surface area contributed by atoms with Crippen molar-refractivity contribution < 1.29 is 23.8 Å². The zero-order valence-corrected chi connectivity index (χ0v) is 19.8. The van der Waals surface area contributed by atoms with Gasteiger partial charge in [0, 0.05) is 5.56 Å². The Labute approximate surface area is 205 Å². The van der Waals surface area contributed by atoms with Crippen molar-refractivity contribution >= 4 is 23.3 Å². The maximum atomic E-state index is 12.8. The molecular weight excluding hydrogens is 444 g/mol. The monoisotopic (exact) mass is 474 g/mol. The van der Waals surface area contributed by atoms with Gasteiger partial charge >= 0.3 is 5.97 Å². The average Bonchev–Trinajstić information content (AvgIpc) is 2.89. The molecule has 0 aromatic heterocycles. The van der Waals surface area contributed by atoms with Gasteiger partial charge in [-0.2, -0.15) is 0 Å². The molecule has 1 unspecified atom stereocenters. The molecule has 7 nitrogen and oxygen atoms in total. The van der Waals surface area contributed by atoms with E-state index in [9.17, 15) is 9.59 Å². The van der Waals surface area contributed by atoms with Crippen molar-refractivity contribution in [2.24, 2.45) is 0 Å². The van der Waals surface area contributed by atoms with Crippen molar-refractivity contribution in [3.63, 3.8) is 0 Å². The number of benzene rings is 3. The first-order valence-corrected chi connectivity index (χ1v) is 11.9. The number of hydrogen-bond acceptors (Lipinski definition) is 6. The molecular formula is C28H30N2O5. The van der Waals surface area contributed by atoms with Crippen LogP contribution in [-0.4, -0.2) is 37.7 Å². The Bertz CT molecular complexity index is 1130. The third-order valence-corrected chi connectivity index (χ3v) is 5.64. The van der Waals surface area contributed by atoms with Gasteiger partial charge in [-0.1, -0.05) is 36.4 Å². The second-order valence-corrected chi connectivity index (χ2v) is 8.19. The minimum absolute atomic E-state index is 0.275. The van der Waals surface area contributed by atoms with Gasteiger partial charge < -0.3 is 24.8 Å². The Morgan fingerprint density at radius 2 is 1.80 bits per heavy atom. The van der Waals surface area contributed by atoms with Gasteiger partial charge in [0.25, 0.3) is 5.91 Å². The van der Waals surface area contributed by atoms with Crippen LogP contribution in [0.1, 0.15) is 35.7 Å². The summed E-state index contributed by atoms with van der Waals surface area (Å²) in [6, 6.07) is 22.8. The smallest absolute Gasteiger partial charge is 0.349 e. The molecule has 1 amide bonds. The highest BCUT2D eigenvalue weighted by atomic mass is 16.6. The van der Waals surface area contributed by atoms with E-state index >= 15 is 0 Å². The van der Waals surface area contributed by atoms with Gasteiger partial charge in [-0.3, -0.25) is 4.79 Å². The van der Waals surface area contributed by atoms with Gasteiger partial charge in [-0.05, 0) is 68.1 Å². The number of amides is 1. The molecule has 0 aliphatic carbocycles. The number of carbonyl (C=O) groups excluding carboxylic acids is 2. The Hall–Kier alpha value is -4.00. The summed E-state index contributed by atoms with van der Waals surface area (Å²) in [5, 5.41) is 6.03. The van der Waals surface area contributed by atoms with E-state index in [1.807, 2.05) is 18.2 Å². The summed E-state index contributed by atoms with van der Waals surface area (Å²) >= 11 is 0. The summed E-state index contributed by atoms with van der Waals surface area (Å²) in [7, 11) is 0. The number of esters is 1. The molecule has 0 saturated carbocycles. The van der Waals surface area contributed by atoms with E-state index in [4.69, 9.17) is 14.2 Å². The molecule has 0 bridgehead atoms. The van der Waals surface area contributed by atoms with Crippen LogP contribution in [0.3, 0.4) is 0 Å². The molecule has 1 aliphatic heterocycles. The summed E-state index contributed by atoms with van der Waals surface area (Å²) in [6.07, 6.45) is 2.27. The maximum absolute atomic E-state index is 12.8. The van der Waals surface area contributed by atoms with Gasteiger partial charge in [-0.15, -0.1) is 0 Å². The summed E-state index contributed by atoms with van der Waals surface area (Å²) in [6.45, 7) is 2.95. The fraction of sp³-hybridized carbons (Fsp3) is 0.286. The number of anilines is 2. The van der Waals surface area contributed by atoms with E-state index in [1.165, 1.54) is 5.56 Å². The van der Waals surface area contributed by atoms with Crippen LogP contribution in [0.15, 0.2) is 72.8 Å². The Balaban J connectivity index is 1.29. The first kappa shape index (κ1) is 24.1. The van der Waals surface area contributed by atoms with Crippen molar-refractivity contribution in [3.8, 4) is 11.5 Å². The number of ether oxygens (including phenoxy) is 3. The molecule has 1 aliphatic rings. The zero-order valence-electron chi connectivity index (χ0n) is 19.8. The molecule has 2 N–H and O–H groups in total. The van der Waals surface area contributed by atoms with Crippen LogP contribution in [0.5, 0.6) is 11.5 Å². The maximum Gasteiger partial charge on any atom is 0.349 e. The first-order chi connectivity index (χ1) is 17.1. The van der Waals surface area contributed by atoms with Crippen LogP contribution in [0.4, 0.5) is 11.4 Å². The van der Waals surface area contributed by atoms with Crippen molar-refractivity contribution in [1.29, 1.82) is 0 Å². The van der Waals surface area contributed by atoms with E-state index in [1.54, 1.807) is 37.3 Å². The Kier molecular flexibility index (Phi) is 8.22. The van der Waals surface area contributed by atoms with E-state index in [2.05, 4.69) is 34.9 Å². The topological polar surface area (TPSA) is 85.9 Å². The number of unbranched alkanes of at least 4 members (excludes halogenated alkanes) is 1. The van der Waals surface area contributed by atoms with Crippen LogP contribution in [-0.2, 0) is 16.0 Å². The molecule has 7 heteroatoms. The number of aryl methyl sites for hydroxylation is 1. The lowest BCUT2D eigenvalue weighted by molar-refractivity contribution is -0.150. The van der Waals surface area contributed by atoms with Gasteiger partial charge in [0.1, 0.15) is 5.75 Å². The first-order valence-electron chi connectivity index (χ1n) is 11.9. The van der Waals surface area contributed by atoms with E-state index in [0.29, 0.717) is 35.8 Å². The fourth-order valence-corrected chi connectivity index (χ4v) is 3.82. The highest BCUT2D eigenvalue weighted by molar-refractivity contribution is 6.05. The molecule has 182 valence electrons. The van der Waals surface area contributed by atoms with Crippen molar-refractivity contribution in [1.82, 2.24) is 0 Å². The summed E-state index contributed by atoms with van der Waals surface area (Å²) in [5.74, 6) is 0.417. The quantitative estimate of drug-likeness (QED) is 0.315. The number of rotatable bonds is 10. The molecule has 1 atom stereocenters. The minimum Gasteiger partial charge on any atom is -0.494 e. The Morgan fingerprint density at radius 1 is 1.00 bits per heavy atom. The van der Waals surface area contributed by atoms with Crippen LogP contribution in [0.25, 0.3) is 0 Å². The van der Waals surface area contributed by atoms with Gasteiger partial charge in [0.2, 0.25) is 6.10 Å². The largest absolute Gasteiger partial charge is 0.494 e. The highest BCUT2D eigenvalue weighted by Crippen LogP contribution is 2.37. The van der Waals surface area contributed by atoms with Gasteiger partial charge in [-0.25, -0.2) is 4.79 Å². The SMILES string of the molecule is CCOC(=O)C1CNc2cccc(NC(=O)c3ccc(OCCCCc4ccccc4)cc3)c2O1. The number of para-hydroxylation sites is 1. The summed E-state index contributed by atoms with van der Waals surface area (Å²) in [4.78, 5) is 24.9. The minimum atomic E-state index is -0.773. The number of hydrogen-bond donors (Lipinski definition) is 2. The number of nitrogens with one attached hydrogen (secondary N) is 2. The lowest BCUT2D eigenvalue weighted by Gasteiger charge is -2.27. The van der Waals surface area contributed by atoms with E-state index in [0.717, 1.165) is 25.0 Å². The second kappa shape index (κ2) is 11.9. The van der Waals surface area contributed by atoms with E-state index < -0.39 is 12.1 Å². The molecule has 0 saturated heterocycles. The summed E-state index contributed by atoms with van der Waals surface area (Å²) < 4.78 is 16.7. The Morgan fingerprint density at radius 3 is 2.57 bits per heavy atom. The predicted molar refractivity (Wildman–Crippen MR) is 135 cm³/mol. The van der Waals surface area contributed by atoms with Crippen LogP contribution >= 0.6 is 0 Å². The lowest BCUT2D eigenvalue weighted by atomic mass is 10.1. The van der Waals surface area contributed by atoms with Crippen molar-refractivity contribution in [2.45, 2.75) is 32.3 Å². The molecule has 3 aromatic carbocycles. The second-order valence-electron chi connectivity index (χ2n) is 8.19. The van der Waals surface area contributed by atoms with Crippen molar-refractivity contribution in [2.75, 3.05) is 30.4 Å². The third-order valence-electron chi connectivity index (χ3n) is 5.64. The number of fused-ring (bicyclic) bond motifs is 1. The normalized spacial score (nSPS) is 14.1. The number of carbonyl (C=O) groups is 2. The average molecular weight is 475 g/mol. The fourth-order valence-electron chi connectivity index (χ4n) is 3.82. The van der Waals surface area contributed by atoms with Crippen LogP contribution < -0.4 is 20.1 Å². The van der Waals surface area contributed by atoms with E-state index in [-0.39, 0.29) is 12.5 Å². The summed E-state index contributed by atoms with van der Waals surface area (Å²) in [5.41, 5.74) is 3.01.